The molecule has 4 aromatic rings. The SMILES string of the molecule is C=CCCc1nc(C(F)(F)CCCC)nn1Cc1ccc(-c2ccccc2-c2nn[nH]n2)cc1. The predicted octanol–water partition coefficient (Wildman–Crippen LogP) is 5.57. The van der Waals surface area contributed by atoms with E-state index in [0.717, 1.165) is 22.3 Å². The molecule has 0 atom stereocenters. The second kappa shape index (κ2) is 10.5. The zero-order chi connectivity index (χ0) is 24.0. The van der Waals surface area contributed by atoms with Crippen molar-refractivity contribution in [3.63, 3.8) is 0 Å². The molecule has 2 aromatic carbocycles. The zero-order valence-electron chi connectivity index (χ0n) is 19.1. The van der Waals surface area contributed by atoms with Crippen LogP contribution in [0.15, 0.2) is 61.2 Å². The lowest BCUT2D eigenvalue weighted by Crippen LogP contribution is -2.16. The number of allylic oxidation sites excluding steroid dienone is 1. The second-order valence-electron chi connectivity index (χ2n) is 8.12. The molecule has 0 fully saturated rings. The van der Waals surface area contributed by atoms with Crippen LogP contribution in [0.1, 0.15) is 49.8 Å². The van der Waals surface area contributed by atoms with Crippen LogP contribution in [-0.2, 0) is 18.9 Å². The molecule has 0 aliphatic rings. The van der Waals surface area contributed by atoms with Gasteiger partial charge in [-0.3, -0.25) is 0 Å². The number of benzene rings is 2. The Morgan fingerprint density at radius 1 is 1.09 bits per heavy atom. The molecule has 0 radical (unpaired) electrons. The average molecular weight is 464 g/mol. The third-order valence-electron chi connectivity index (χ3n) is 5.60. The van der Waals surface area contributed by atoms with Crippen molar-refractivity contribution in [2.75, 3.05) is 0 Å². The van der Waals surface area contributed by atoms with Crippen molar-refractivity contribution in [3.8, 4) is 22.5 Å². The first kappa shape index (κ1) is 23.4. The summed E-state index contributed by atoms with van der Waals surface area (Å²) in [5.74, 6) is -2.37. The molecule has 9 heteroatoms. The van der Waals surface area contributed by atoms with Crippen LogP contribution in [0.4, 0.5) is 8.78 Å². The summed E-state index contributed by atoms with van der Waals surface area (Å²) in [5.41, 5.74) is 3.77. The minimum Gasteiger partial charge on any atom is -0.245 e. The summed E-state index contributed by atoms with van der Waals surface area (Å²) in [7, 11) is 0. The Hall–Kier alpha value is -3.75. The van der Waals surface area contributed by atoms with Crippen molar-refractivity contribution in [2.24, 2.45) is 0 Å². The number of nitrogens with one attached hydrogen (secondary N) is 1. The standard InChI is InChI=1S/C25H27F2N7/c1-3-5-11-22-28-24(25(26,27)16-6-4-2)31-34(22)17-18-12-14-19(15-13-18)20-9-7-8-10-21(20)23-29-32-33-30-23/h3,7-10,12-15H,1,4-6,11,16-17H2,2H3,(H,29,30,32,33). The van der Waals surface area contributed by atoms with Gasteiger partial charge in [0.25, 0.3) is 0 Å². The summed E-state index contributed by atoms with van der Waals surface area (Å²) >= 11 is 0. The van der Waals surface area contributed by atoms with Crippen LogP contribution in [0.2, 0.25) is 0 Å². The van der Waals surface area contributed by atoms with E-state index in [-0.39, 0.29) is 6.42 Å². The van der Waals surface area contributed by atoms with Gasteiger partial charge in [-0.1, -0.05) is 68.0 Å². The molecule has 34 heavy (non-hydrogen) atoms. The van der Waals surface area contributed by atoms with Gasteiger partial charge in [-0.25, -0.2) is 9.67 Å². The van der Waals surface area contributed by atoms with Crippen molar-refractivity contribution >= 4 is 0 Å². The number of hydrogen-bond acceptors (Lipinski definition) is 5. The highest BCUT2D eigenvalue weighted by Crippen LogP contribution is 2.32. The summed E-state index contributed by atoms with van der Waals surface area (Å²) < 4.78 is 30.8. The lowest BCUT2D eigenvalue weighted by Gasteiger charge is -2.11. The Morgan fingerprint density at radius 3 is 2.53 bits per heavy atom. The number of rotatable bonds is 11. The first-order chi connectivity index (χ1) is 16.5. The number of alkyl halides is 2. The molecule has 4 rings (SSSR count). The van der Waals surface area contributed by atoms with Crippen LogP contribution >= 0.6 is 0 Å². The van der Waals surface area contributed by atoms with Gasteiger partial charge in [0.05, 0.1) is 6.54 Å². The molecule has 0 unspecified atom stereocenters. The first-order valence-electron chi connectivity index (χ1n) is 11.4. The fraction of sp³-hybridized carbons (Fsp3) is 0.320. The number of nitrogens with zero attached hydrogens (tertiary/aromatic N) is 6. The quantitative estimate of drug-likeness (QED) is 0.294. The molecule has 7 nitrogen and oxygen atoms in total. The van der Waals surface area contributed by atoms with E-state index in [1.165, 1.54) is 0 Å². The fourth-order valence-electron chi connectivity index (χ4n) is 3.75. The van der Waals surface area contributed by atoms with E-state index < -0.39 is 11.7 Å². The summed E-state index contributed by atoms with van der Waals surface area (Å²) in [6.45, 7) is 5.98. The molecule has 1 N–H and O–H groups in total. The fourth-order valence-corrected chi connectivity index (χ4v) is 3.75. The van der Waals surface area contributed by atoms with E-state index in [0.29, 0.717) is 43.9 Å². The van der Waals surface area contributed by atoms with Crippen molar-refractivity contribution in [1.29, 1.82) is 0 Å². The maximum atomic E-state index is 14.6. The van der Waals surface area contributed by atoms with Crippen LogP contribution in [0.5, 0.6) is 0 Å². The third kappa shape index (κ3) is 5.24. The highest BCUT2D eigenvalue weighted by molar-refractivity contribution is 5.80. The van der Waals surface area contributed by atoms with E-state index in [4.69, 9.17) is 0 Å². The number of aromatic nitrogens is 7. The number of unbranched alkanes of at least 4 members (excludes halogenated alkanes) is 1. The van der Waals surface area contributed by atoms with Crippen molar-refractivity contribution in [3.05, 3.63) is 78.4 Å². The smallest absolute Gasteiger partial charge is 0.245 e. The molecular formula is C25H27F2N7. The molecule has 176 valence electrons. The van der Waals surface area contributed by atoms with Gasteiger partial charge in [-0.2, -0.15) is 14.0 Å². The summed E-state index contributed by atoms with van der Waals surface area (Å²) in [5, 5.41) is 18.5. The Bertz CT molecular complexity index is 1210. The van der Waals surface area contributed by atoms with Crippen LogP contribution in [0.25, 0.3) is 22.5 Å². The van der Waals surface area contributed by atoms with Crippen LogP contribution in [0, 0.1) is 0 Å². The van der Waals surface area contributed by atoms with Crippen LogP contribution in [-0.4, -0.2) is 35.4 Å². The minimum atomic E-state index is -3.03. The predicted molar refractivity (Wildman–Crippen MR) is 126 cm³/mol. The Labute approximate surface area is 196 Å². The number of H-pyrrole nitrogens is 1. The van der Waals surface area contributed by atoms with Gasteiger partial charge in [-0.15, -0.1) is 21.9 Å². The highest BCUT2D eigenvalue weighted by Gasteiger charge is 2.36. The number of tetrazole rings is 1. The Balaban J connectivity index is 1.59. The highest BCUT2D eigenvalue weighted by atomic mass is 19.3. The molecule has 2 heterocycles. The van der Waals surface area contributed by atoms with Gasteiger partial charge in [0.15, 0.2) is 0 Å². The molecular weight excluding hydrogens is 436 g/mol. The first-order valence-corrected chi connectivity index (χ1v) is 11.4. The van der Waals surface area contributed by atoms with Crippen LogP contribution in [0.3, 0.4) is 0 Å². The third-order valence-corrected chi connectivity index (χ3v) is 5.60. The Morgan fingerprint density at radius 2 is 1.85 bits per heavy atom. The zero-order valence-corrected chi connectivity index (χ0v) is 19.1. The molecule has 2 aromatic heterocycles. The number of halogens is 2. The maximum Gasteiger partial charge on any atom is 0.308 e. The van der Waals surface area contributed by atoms with Crippen molar-refractivity contribution in [1.82, 2.24) is 35.4 Å². The largest absolute Gasteiger partial charge is 0.308 e. The van der Waals surface area contributed by atoms with Gasteiger partial charge in [-0.05, 0) is 34.7 Å². The van der Waals surface area contributed by atoms with E-state index in [9.17, 15) is 8.78 Å². The molecule has 0 bridgehead atoms. The molecule has 0 amide bonds. The average Bonchev–Trinajstić information content (AvgIpc) is 3.53. The topological polar surface area (TPSA) is 85.2 Å². The lowest BCUT2D eigenvalue weighted by atomic mass is 9.98. The van der Waals surface area contributed by atoms with E-state index in [1.54, 1.807) is 10.8 Å². The minimum absolute atomic E-state index is 0.247. The van der Waals surface area contributed by atoms with E-state index >= 15 is 0 Å². The van der Waals surface area contributed by atoms with E-state index in [2.05, 4.69) is 37.3 Å². The summed E-state index contributed by atoms with van der Waals surface area (Å²) in [4.78, 5) is 4.20. The summed E-state index contributed by atoms with van der Waals surface area (Å²) in [6.07, 6.45) is 3.78. The molecule has 0 spiro atoms. The maximum absolute atomic E-state index is 14.6. The van der Waals surface area contributed by atoms with Crippen molar-refractivity contribution < 1.29 is 8.78 Å². The lowest BCUT2D eigenvalue weighted by molar-refractivity contribution is -0.0245. The molecule has 0 aliphatic carbocycles. The van der Waals surface area contributed by atoms with Gasteiger partial charge >= 0.3 is 5.92 Å². The normalized spacial score (nSPS) is 11.6. The number of aryl methyl sites for hydroxylation is 1. The van der Waals surface area contributed by atoms with E-state index in [1.807, 2.05) is 55.5 Å². The molecule has 0 saturated carbocycles. The van der Waals surface area contributed by atoms with Gasteiger partial charge < -0.3 is 0 Å². The van der Waals surface area contributed by atoms with Gasteiger partial charge in [0.1, 0.15) is 5.82 Å². The van der Waals surface area contributed by atoms with Gasteiger partial charge in [0.2, 0.25) is 11.6 Å². The number of aromatic amines is 1. The monoisotopic (exact) mass is 463 g/mol. The van der Waals surface area contributed by atoms with Crippen molar-refractivity contribution in [2.45, 2.75) is 51.5 Å². The summed E-state index contributed by atoms with van der Waals surface area (Å²) in [6, 6.07) is 15.7. The Kier molecular flexibility index (Phi) is 7.20. The molecule has 0 aliphatic heterocycles. The van der Waals surface area contributed by atoms with Crippen LogP contribution < -0.4 is 0 Å². The second-order valence-corrected chi connectivity index (χ2v) is 8.12. The number of hydrogen-bond donors (Lipinski definition) is 1. The van der Waals surface area contributed by atoms with Gasteiger partial charge in [0, 0.05) is 18.4 Å². The molecule has 0 saturated heterocycles.